The maximum absolute atomic E-state index is 12.6. The van der Waals surface area contributed by atoms with Gasteiger partial charge in [-0.25, -0.2) is 4.68 Å². The first-order chi connectivity index (χ1) is 13.2. The molecule has 134 valence electrons. The van der Waals surface area contributed by atoms with Gasteiger partial charge in [0, 0.05) is 44.1 Å². The Hall–Kier alpha value is -3.73. The summed E-state index contributed by atoms with van der Waals surface area (Å²) in [6, 6.07) is 14.4. The first-order valence-corrected chi connectivity index (χ1v) is 8.63. The third-order valence-corrected chi connectivity index (χ3v) is 4.53. The summed E-state index contributed by atoms with van der Waals surface area (Å²) in [6.45, 7) is 2.61. The number of amides is 1. The number of hydrogen-bond donors (Lipinski definition) is 0. The summed E-state index contributed by atoms with van der Waals surface area (Å²) in [5, 5.41) is 21.5. The van der Waals surface area contributed by atoms with Crippen molar-refractivity contribution in [1.82, 2.24) is 24.9 Å². The van der Waals surface area contributed by atoms with Gasteiger partial charge in [-0.15, -0.1) is 10.2 Å². The largest absolute Gasteiger partial charge is 0.352 e. The number of hydrogen-bond acceptors (Lipinski definition) is 6. The molecule has 0 aliphatic carbocycles. The molecule has 0 N–H and O–H groups in total. The van der Waals surface area contributed by atoms with Gasteiger partial charge in [-0.05, 0) is 42.5 Å². The second kappa shape index (κ2) is 7.25. The lowest BCUT2D eigenvalue weighted by Gasteiger charge is -2.35. The Bertz CT molecular complexity index is 951. The van der Waals surface area contributed by atoms with E-state index < -0.39 is 0 Å². The Morgan fingerprint density at radius 3 is 2.26 bits per heavy atom. The van der Waals surface area contributed by atoms with Crippen molar-refractivity contribution in [3.05, 3.63) is 66.0 Å². The highest BCUT2D eigenvalue weighted by Gasteiger charge is 2.23. The molecule has 8 nitrogen and oxygen atoms in total. The van der Waals surface area contributed by atoms with Gasteiger partial charge >= 0.3 is 0 Å². The van der Waals surface area contributed by atoms with Crippen LogP contribution in [0.3, 0.4) is 0 Å². The molecule has 1 amide bonds. The monoisotopic (exact) mass is 359 g/mol. The SMILES string of the molecule is N#Cc1ccc(C(=O)N2CCN(c3ccc(-n4cccn4)nn3)CC2)cc1. The van der Waals surface area contributed by atoms with E-state index in [1.807, 2.05) is 29.3 Å². The second-order valence-corrected chi connectivity index (χ2v) is 6.17. The minimum absolute atomic E-state index is 0.0146. The van der Waals surface area contributed by atoms with Gasteiger partial charge in [0.2, 0.25) is 0 Å². The third kappa shape index (κ3) is 3.48. The lowest BCUT2D eigenvalue weighted by atomic mass is 10.1. The highest BCUT2D eigenvalue weighted by atomic mass is 16.2. The second-order valence-electron chi connectivity index (χ2n) is 6.17. The highest BCUT2D eigenvalue weighted by Crippen LogP contribution is 2.16. The molecule has 0 saturated carbocycles. The maximum atomic E-state index is 12.6. The molecule has 1 aliphatic heterocycles. The van der Waals surface area contributed by atoms with Gasteiger partial charge in [0.05, 0.1) is 11.6 Å². The van der Waals surface area contributed by atoms with Crippen molar-refractivity contribution in [2.75, 3.05) is 31.1 Å². The third-order valence-electron chi connectivity index (χ3n) is 4.53. The summed E-state index contributed by atoms with van der Waals surface area (Å²) in [4.78, 5) is 16.5. The Morgan fingerprint density at radius 2 is 1.67 bits per heavy atom. The minimum atomic E-state index is -0.0146. The standard InChI is InChI=1S/C19H17N7O/c20-14-15-2-4-16(5-3-15)19(27)25-12-10-24(11-13-25)17-6-7-18(23-22-17)26-9-1-8-21-26/h1-9H,10-13H2. The van der Waals surface area contributed by atoms with E-state index in [2.05, 4.69) is 26.3 Å². The predicted octanol–water partition coefficient (Wildman–Crippen LogP) is 1.50. The molecule has 1 saturated heterocycles. The van der Waals surface area contributed by atoms with Gasteiger partial charge in [-0.1, -0.05) is 0 Å². The Kier molecular flexibility index (Phi) is 4.49. The lowest BCUT2D eigenvalue weighted by Crippen LogP contribution is -2.49. The van der Waals surface area contributed by atoms with Crippen LogP contribution < -0.4 is 4.90 Å². The number of piperazine rings is 1. The van der Waals surface area contributed by atoms with Crippen molar-refractivity contribution in [3.8, 4) is 11.9 Å². The lowest BCUT2D eigenvalue weighted by molar-refractivity contribution is 0.0746. The van der Waals surface area contributed by atoms with Crippen LogP contribution in [0.5, 0.6) is 0 Å². The topological polar surface area (TPSA) is 90.9 Å². The van der Waals surface area contributed by atoms with E-state index in [9.17, 15) is 4.79 Å². The van der Waals surface area contributed by atoms with E-state index in [4.69, 9.17) is 5.26 Å². The number of benzene rings is 1. The molecular weight excluding hydrogens is 342 g/mol. The zero-order valence-corrected chi connectivity index (χ0v) is 14.6. The van der Waals surface area contributed by atoms with Gasteiger partial charge in [0.25, 0.3) is 5.91 Å². The maximum Gasteiger partial charge on any atom is 0.253 e. The first kappa shape index (κ1) is 16.7. The molecule has 4 rings (SSSR count). The van der Waals surface area contributed by atoms with E-state index in [0.717, 1.165) is 5.82 Å². The molecule has 0 unspecified atom stereocenters. The number of aromatic nitrogens is 4. The van der Waals surface area contributed by atoms with Crippen molar-refractivity contribution in [2.45, 2.75) is 0 Å². The molecule has 1 fully saturated rings. The number of nitriles is 1. The summed E-state index contributed by atoms with van der Waals surface area (Å²) >= 11 is 0. The van der Waals surface area contributed by atoms with Crippen LogP contribution in [0, 0.1) is 11.3 Å². The molecule has 1 aliphatic rings. The summed E-state index contributed by atoms with van der Waals surface area (Å²) in [5.41, 5.74) is 1.15. The van der Waals surface area contributed by atoms with Crippen LogP contribution in [-0.2, 0) is 0 Å². The van der Waals surface area contributed by atoms with Crippen LogP contribution in [-0.4, -0.2) is 57.0 Å². The quantitative estimate of drug-likeness (QED) is 0.704. The van der Waals surface area contributed by atoms with E-state index in [0.29, 0.717) is 43.1 Å². The fourth-order valence-corrected chi connectivity index (χ4v) is 3.02. The zero-order chi connectivity index (χ0) is 18.6. The molecule has 2 aromatic heterocycles. The van der Waals surface area contributed by atoms with E-state index >= 15 is 0 Å². The number of carbonyl (C=O) groups excluding carboxylic acids is 1. The normalized spacial score (nSPS) is 14.0. The number of anilines is 1. The first-order valence-electron chi connectivity index (χ1n) is 8.63. The average molecular weight is 359 g/mol. The average Bonchev–Trinajstić information content (AvgIpc) is 3.28. The molecule has 0 bridgehead atoms. The summed E-state index contributed by atoms with van der Waals surface area (Å²) < 4.78 is 1.66. The van der Waals surface area contributed by atoms with Crippen LogP contribution in [0.1, 0.15) is 15.9 Å². The van der Waals surface area contributed by atoms with Crippen LogP contribution in [0.4, 0.5) is 5.82 Å². The number of nitrogens with zero attached hydrogens (tertiary/aromatic N) is 7. The Morgan fingerprint density at radius 1 is 0.963 bits per heavy atom. The van der Waals surface area contributed by atoms with E-state index in [1.54, 1.807) is 35.1 Å². The van der Waals surface area contributed by atoms with Gasteiger partial charge in [-0.3, -0.25) is 4.79 Å². The number of carbonyl (C=O) groups is 1. The Balaban J connectivity index is 1.38. The smallest absolute Gasteiger partial charge is 0.253 e. The van der Waals surface area contributed by atoms with Gasteiger partial charge in [0.1, 0.15) is 0 Å². The molecule has 1 aromatic carbocycles. The Labute approximate surface area is 156 Å². The number of rotatable bonds is 3. The summed E-state index contributed by atoms with van der Waals surface area (Å²) in [6.07, 6.45) is 3.51. The van der Waals surface area contributed by atoms with Gasteiger partial charge < -0.3 is 9.80 Å². The molecule has 8 heteroatoms. The van der Waals surface area contributed by atoms with Crippen molar-refractivity contribution in [2.24, 2.45) is 0 Å². The molecular formula is C19H17N7O. The van der Waals surface area contributed by atoms with Crippen LogP contribution in [0.2, 0.25) is 0 Å². The molecule has 3 aromatic rings. The fraction of sp³-hybridized carbons (Fsp3) is 0.211. The van der Waals surface area contributed by atoms with Gasteiger partial charge in [-0.2, -0.15) is 10.4 Å². The fourth-order valence-electron chi connectivity index (χ4n) is 3.02. The van der Waals surface area contributed by atoms with Gasteiger partial charge in [0.15, 0.2) is 11.6 Å². The zero-order valence-electron chi connectivity index (χ0n) is 14.6. The summed E-state index contributed by atoms with van der Waals surface area (Å²) in [7, 11) is 0. The molecule has 27 heavy (non-hydrogen) atoms. The van der Waals surface area contributed by atoms with Crippen molar-refractivity contribution >= 4 is 11.7 Å². The van der Waals surface area contributed by atoms with Crippen LogP contribution in [0.25, 0.3) is 5.82 Å². The molecule has 0 spiro atoms. The van der Waals surface area contributed by atoms with Crippen molar-refractivity contribution in [1.29, 1.82) is 5.26 Å². The summed E-state index contributed by atoms with van der Waals surface area (Å²) in [5.74, 6) is 1.44. The minimum Gasteiger partial charge on any atom is -0.352 e. The predicted molar refractivity (Wildman–Crippen MR) is 98.4 cm³/mol. The van der Waals surface area contributed by atoms with E-state index in [-0.39, 0.29) is 5.91 Å². The molecule has 0 radical (unpaired) electrons. The highest BCUT2D eigenvalue weighted by molar-refractivity contribution is 5.94. The van der Waals surface area contributed by atoms with E-state index in [1.165, 1.54) is 0 Å². The van der Waals surface area contributed by atoms with Crippen LogP contribution >= 0.6 is 0 Å². The molecule has 0 atom stereocenters. The molecule has 3 heterocycles. The van der Waals surface area contributed by atoms with Crippen molar-refractivity contribution in [3.63, 3.8) is 0 Å². The van der Waals surface area contributed by atoms with Crippen molar-refractivity contribution < 1.29 is 4.79 Å². The van der Waals surface area contributed by atoms with Crippen LogP contribution in [0.15, 0.2) is 54.9 Å².